The maximum absolute atomic E-state index is 2.43. The number of aryl methyl sites for hydroxylation is 1. The van der Waals surface area contributed by atoms with Gasteiger partial charge in [-0.15, -0.1) is 0 Å². The standard InChI is InChI=1S/C27H29N/c1-19-20(2)28(26-13-9-7-10-23(19)26)18-21-14-16-22(17-15-21)24-11-6-8-12-25(24)27(3,4)5/h6-17H,18H2,1-5H3. The molecule has 0 aliphatic heterocycles. The molecule has 0 amide bonds. The van der Waals surface area contributed by atoms with Crippen LogP contribution in [0.15, 0.2) is 72.8 Å². The fraction of sp³-hybridized carbons (Fsp3) is 0.259. The van der Waals surface area contributed by atoms with Gasteiger partial charge in [-0.3, -0.25) is 0 Å². The van der Waals surface area contributed by atoms with Gasteiger partial charge in [-0.05, 0) is 53.1 Å². The summed E-state index contributed by atoms with van der Waals surface area (Å²) in [6, 6.07) is 26.6. The molecule has 1 nitrogen and oxygen atoms in total. The van der Waals surface area contributed by atoms with E-state index in [2.05, 4.69) is 112 Å². The summed E-state index contributed by atoms with van der Waals surface area (Å²) in [5.74, 6) is 0. The minimum absolute atomic E-state index is 0.133. The quantitative estimate of drug-likeness (QED) is 0.359. The van der Waals surface area contributed by atoms with Crippen molar-refractivity contribution in [2.45, 2.75) is 46.6 Å². The van der Waals surface area contributed by atoms with Crippen molar-refractivity contribution in [2.75, 3.05) is 0 Å². The molecule has 1 heteroatoms. The predicted molar refractivity (Wildman–Crippen MR) is 121 cm³/mol. The minimum atomic E-state index is 0.133. The Morgan fingerprint density at radius 2 is 1.39 bits per heavy atom. The van der Waals surface area contributed by atoms with Crippen molar-refractivity contribution in [3.8, 4) is 11.1 Å². The van der Waals surface area contributed by atoms with E-state index >= 15 is 0 Å². The smallest absolute Gasteiger partial charge is 0.0488 e. The highest BCUT2D eigenvalue weighted by Gasteiger charge is 2.18. The van der Waals surface area contributed by atoms with Crippen molar-refractivity contribution in [3.05, 3.63) is 95.2 Å². The van der Waals surface area contributed by atoms with Crippen LogP contribution in [0.1, 0.15) is 43.2 Å². The predicted octanol–water partition coefficient (Wildman–Crippen LogP) is 7.27. The van der Waals surface area contributed by atoms with Crippen molar-refractivity contribution in [1.82, 2.24) is 4.57 Å². The summed E-state index contributed by atoms with van der Waals surface area (Å²) in [6.45, 7) is 12.2. The van der Waals surface area contributed by atoms with Gasteiger partial charge in [0.25, 0.3) is 0 Å². The van der Waals surface area contributed by atoms with Crippen LogP contribution in [-0.4, -0.2) is 4.57 Å². The third-order valence-corrected chi connectivity index (χ3v) is 5.89. The van der Waals surface area contributed by atoms with Crippen LogP contribution in [0.5, 0.6) is 0 Å². The van der Waals surface area contributed by atoms with Gasteiger partial charge in [-0.2, -0.15) is 0 Å². The summed E-state index contributed by atoms with van der Waals surface area (Å²) in [5, 5.41) is 1.36. The van der Waals surface area contributed by atoms with E-state index in [1.807, 2.05) is 0 Å². The van der Waals surface area contributed by atoms with Gasteiger partial charge in [-0.1, -0.05) is 87.5 Å². The second-order valence-electron chi connectivity index (χ2n) is 8.81. The summed E-state index contributed by atoms with van der Waals surface area (Å²) in [7, 11) is 0. The normalized spacial score (nSPS) is 11.9. The molecule has 0 unspecified atom stereocenters. The highest BCUT2D eigenvalue weighted by molar-refractivity contribution is 5.85. The Labute approximate surface area is 168 Å². The lowest BCUT2D eigenvalue weighted by molar-refractivity contribution is 0.592. The van der Waals surface area contributed by atoms with Gasteiger partial charge in [0.2, 0.25) is 0 Å². The first-order chi connectivity index (χ1) is 13.4. The molecular weight excluding hydrogens is 338 g/mol. The number of hydrogen-bond donors (Lipinski definition) is 0. The van der Waals surface area contributed by atoms with E-state index in [0.29, 0.717) is 0 Å². The van der Waals surface area contributed by atoms with Gasteiger partial charge in [0, 0.05) is 23.1 Å². The van der Waals surface area contributed by atoms with Crippen LogP contribution in [0.3, 0.4) is 0 Å². The van der Waals surface area contributed by atoms with Gasteiger partial charge >= 0.3 is 0 Å². The molecule has 28 heavy (non-hydrogen) atoms. The average Bonchev–Trinajstić information content (AvgIpc) is 2.93. The Hall–Kier alpha value is -2.80. The number of fused-ring (bicyclic) bond motifs is 1. The molecule has 0 spiro atoms. The molecule has 0 N–H and O–H groups in total. The van der Waals surface area contributed by atoms with E-state index in [1.165, 1.54) is 44.4 Å². The Kier molecular flexibility index (Phi) is 4.63. The zero-order valence-corrected chi connectivity index (χ0v) is 17.6. The average molecular weight is 368 g/mol. The number of benzene rings is 3. The zero-order valence-electron chi connectivity index (χ0n) is 17.6. The Bertz CT molecular complexity index is 1120. The first kappa shape index (κ1) is 18.6. The van der Waals surface area contributed by atoms with Crippen molar-refractivity contribution in [3.63, 3.8) is 0 Å². The van der Waals surface area contributed by atoms with E-state index in [9.17, 15) is 0 Å². The maximum atomic E-state index is 2.43. The van der Waals surface area contributed by atoms with E-state index < -0.39 is 0 Å². The molecule has 0 radical (unpaired) electrons. The number of para-hydroxylation sites is 1. The molecule has 1 aromatic heterocycles. The minimum Gasteiger partial charge on any atom is -0.340 e. The molecule has 0 saturated heterocycles. The van der Waals surface area contributed by atoms with Crippen LogP contribution in [0.2, 0.25) is 0 Å². The molecule has 1 heterocycles. The molecule has 4 aromatic rings. The summed E-state index contributed by atoms with van der Waals surface area (Å²) in [5.41, 5.74) is 9.54. The van der Waals surface area contributed by atoms with Gasteiger partial charge in [0.05, 0.1) is 0 Å². The van der Waals surface area contributed by atoms with Crippen LogP contribution < -0.4 is 0 Å². The first-order valence-electron chi connectivity index (χ1n) is 10.1. The van der Waals surface area contributed by atoms with Crippen LogP contribution >= 0.6 is 0 Å². The molecule has 0 aliphatic rings. The van der Waals surface area contributed by atoms with Crippen molar-refractivity contribution in [1.29, 1.82) is 0 Å². The van der Waals surface area contributed by atoms with Crippen LogP contribution in [0.4, 0.5) is 0 Å². The molecule has 0 atom stereocenters. The molecule has 3 aromatic carbocycles. The fourth-order valence-electron chi connectivity index (χ4n) is 4.17. The lowest BCUT2D eigenvalue weighted by Gasteiger charge is -2.23. The highest BCUT2D eigenvalue weighted by atomic mass is 15.0. The van der Waals surface area contributed by atoms with Gasteiger partial charge in [-0.25, -0.2) is 0 Å². The van der Waals surface area contributed by atoms with Crippen LogP contribution in [0.25, 0.3) is 22.0 Å². The second-order valence-corrected chi connectivity index (χ2v) is 8.81. The SMILES string of the molecule is Cc1c(C)n(Cc2ccc(-c3ccccc3C(C)(C)C)cc2)c2ccccc12. The summed E-state index contributed by atoms with van der Waals surface area (Å²) < 4.78 is 2.43. The number of aromatic nitrogens is 1. The number of hydrogen-bond acceptors (Lipinski definition) is 0. The van der Waals surface area contributed by atoms with E-state index in [-0.39, 0.29) is 5.41 Å². The number of nitrogens with zero attached hydrogens (tertiary/aromatic N) is 1. The monoisotopic (exact) mass is 367 g/mol. The summed E-state index contributed by atoms with van der Waals surface area (Å²) in [6.07, 6.45) is 0. The Morgan fingerprint density at radius 1 is 0.750 bits per heavy atom. The third kappa shape index (κ3) is 3.26. The second kappa shape index (κ2) is 6.98. The number of rotatable bonds is 3. The van der Waals surface area contributed by atoms with Gasteiger partial charge in [0.1, 0.15) is 0 Å². The van der Waals surface area contributed by atoms with E-state index in [1.54, 1.807) is 0 Å². The fourth-order valence-corrected chi connectivity index (χ4v) is 4.17. The lowest BCUT2D eigenvalue weighted by Crippen LogP contribution is -2.12. The molecule has 0 bridgehead atoms. The summed E-state index contributed by atoms with van der Waals surface area (Å²) >= 11 is 0. The molecule has 0 fully saturated rings. The topological polar surface area (TPSA) is 4.93 Å². The third-order valence-electron chi connectivity index (χ3n) is 5.89. The summed E-state index contributed by atoms with van der Waals surface area (Å²) in [4.78, 5) is 0. The molecule has 0 aliphatic carbocycles. The molecule has 0 saturated carbocycles. The van der Waals surface area contributed by atoms with Gasteiger partial charge < -0.3 is 4.57 Å². The van der Waals surface area contributed by atoms with Crippen molar-refractivity contribution in [2.24, 2.45) is 0 Å². The maximum Gasteiger partial charge on any atom is 0.0488 e. The van der Waals surface area contributed by atoms with Crippen molar-refractivity contribution < 1.29 is 0 Å². The lowest BCUT2D eigenvalue weighted by atomic mass is 9.82. The van der Waals surface area contributed by atoms with Crippen LogP contribution in [-0.2, 0) is 12.0 Å². The molecular formula is C27H29N. The molecule has 4 rings (SSSR count). The first-order valence-corrected chi connectivity index (χ1v) is 10.1. The Morgan fingerprint density at radius 3 is 2.11 bits per heavy atom. The van der Waals surface area contributed by atoms with E-state index in [4.69, 9.17) is 0 Å². The van der Waals surface area contributed by atoms with Gasteiger partial charge in [0.15, 0.2) is 0 Å². The Balaban J connectivity index is 1.69. The zero-order chi connectivity index (χ0) is 19.9. The highest BCUT2D eigenvalue weighted by Crippen LogP contribution is 2.33. The molecule has 142 valence electrons. The van der Waals surface area contributed by atoms with Crippen LogP contribution in [0, 0.1) is 13.8 Å². The largest absolute Gasteiger partial charge is 0.340 e. The van der Waals surface area contributed by atoms with E-state index in [0.717, 1.165) is 6.54 Å². The van der Waals surface area contributed by atoms with Crippen molar-refractivity contribution >= 4 is 10.9 Å².